The van der Waals surface area contributed by atoms with Crippen molar-refractivity contribution in [1.29, 1.82) is 0 Å². The number of aliphatic hydroxyl groups excluding tert-OH is 1. The predicted molar refractivity (Wildman–Crippen MR) is 68.3 cm³/mol. The van der Waals surface area contributed by atoms with Gasteiger partial charge in [-0.15, -0.1) is 11.3 Å². The maximum absolute atomic E-state index is 10.0. The van der Waals surface area contributed by atoms with E-state index in [2.05, 4.69) is 28.1 Å². The van der Waals surface area contributed by atoms with Crippen molar-refractivity contribution in [3.8, 4) is 0 Å². The Morgan fingerprint density at radius 2 is 2.13 bits per heavy atom. The van der Waals surface area contributed by atoms with Crippen LogP contribution in [-0.2, 0) is 6.42 Å². The van der Waals surface area contributed by atoms with E-state index >= 15 is 0 Å². The van der Waals surface area contributed by atoms with Crippen molar-refractivity contribution in [2.75, 3.05) is 0 Å². The van der Waals surface area contributed by atoms with Crippen LogP contribution in [0, 0.1) is 5.92 Å². The van der Waals surface area contributed by atoms with Gasteiger partial charge in [0.25, 0.3) is 0 Å². The molecule has 15 heavy (non-hydrogen) atoms. The molecule has 0 bridgehead atoms. The van der Waals surface area contributed by atoms with Crippen LogP contribution in [0.1, 0.15) is 37.0 Å². The van der Waals surface area contributed by atoms with Gasteiger partial charge in [-0.25, -0.2) is 0 Å². The number of aryl methyl sites for hydroxylation is 1. The number of hydrogen-bond donors (Lipinski definition) is 1. The minimum atomic E-state index is -0.0756. The van der Waals surface area contributed by atoms with Gasteiger partial charge in [0.2, 0.25) is 0 Å². The van der Waals surface area contributed by atoms with Gasteiger partial charge < -0.3 is 5.11 Å². The Kier molecular flexibility index (Phi) is 4.23. The van der Waals surface area contributed by atoms with E-state index in [1.54, 1.807) is 11.3 Å². The summed E-state index contributed by atoms with van der Waals surface area (Å²) in [6, 6.07) is 4.23. The molecule has 3 heteroatoms. The van der Waals surface area contributed by atoms with Crippen LogP contribution in [0.15, 0.2) is 15.9 Å². The van der Waals surface area contributed by atoms with Gasteiger partial charge in [-0.05, 0) is 59.7 Å². The first-order valence-corrected chi connectivity index (χ1v) is 7.29. The standard InChI is InChI=1S/C12H17BrOS/c13-12-8-6-10(15-12)5-7-11(14)9-3-1-2-4-9/h6,8-9,11,14H,1-5,7H2. The molecule has 1 fully saturated rings. The molecule has 1 unspecified atom stereocenters. The molecule has 2 rings (SSSR count). The molecule has 1 aliphatic carbocycles. The summed E-state index contributed by atoms with van der Waals surface area (Å²) < 4.78 is 1.19. The van der Waals surface area contributed by atoms with E-state index in [0.717, 1.165) is 12.8 Å². The Labute approximate surface area is 104 Å². The van der Waals surface area contributed by atoms with E-state index in [-0.39, 0.29) is 6.10 Å². The second-order valence-electron chi connectivity index (χ2n) is 4.36. The molecule has 0 spiro atoms. The maximum atomic E-state index is 10.0. The maximum Gasteiger partial charge on any atom is 0.0701 e. The van der Waals surface area contributed by atoms with Crippen molar-refractivity contribution in [2.45, 2.75) is 44.6 Å². The molecule has 0 aromatic carbocycles. The summed E-state index contributed by atoms with van der Waals surface area (Å²) in [4.78, 5) is 1.37. The molecule has 1 heterocycles. The smallest absolute Gasteiger partial charge is 0.0701 e. The topological polar surface area (TPSA) is 20.2 Å². The quantitative estimate of drug-likeness (QED) is 0.888. The lowest BCUT2D eigenvalue weighted by Gasteiger charge is -2.16. The van der Waals surface area contributed by atoms with Gasteiger partial charge >= 0.3 is 0 Å². The summed E-state index contributed by atoms with van der Waals surface area (Å²) >= 11 is 5.24. The van der Waals surface area contributed by atoms with Crippen LogP contribution in [0.5, 0.6) is 0 Å². The minimum Gasteiger partial charge on any atom is -0.393 e. The molecule has 0 amide bonds. The predicted octanol–water partition coefficient (Wildman–Crippen LogP) is 3.99. The van der Waals surface area contributed by atoms with E-state index in [9.17, 15) is 5.11 Å². The average Bonchev–Trinajstić information content (AvgIpc) is 2.84. The summed E-state index contributed by atoms with van der Waals surface area (Å²) in [6.45, 7) is 0. The third-order valence-electron chi connectivity index (χ3n) is 3.26. The second kappa shape index (κ2) is 5.46. The Morgan fingerprint density at radius 1 is 1.40 bits per heavy atom. The van der Waals surface area contributed by atoms with Crippen LogP contribution in [0.4, 0.5) is 0 Å². The Morgan fingerprint density at radius 3 is 2.73 bits per heavy atom. The van der Waals surface area contributed by atoms with E-state index in [4.69, 9.17) is 0 Å². The van der Waals surface area contributed by atoms with Crippen LogP contribution in [-0.4, -0.2) is 11.2 Å². The Balaban J connectivity index is 1.77. The van der Waals surface area contributed by atoms with E-state index in [0.29, 0.717) is 5.92 Å². The number of thiophene rings is 1. The fraction of sp³-hybridized carbons (Fsp3) is 0.667. The van der Waals surface area contributed by atoms with Crippen LogP contribution < -0.4 is 0 Å². The number of aliphatic hydroxyl groups is 1. The average molecular weight is 289 g/mol. The summed E-state index contributed by atoms with van der Waals surface area (Å²) in [5.74, 6) is 0.577. The van der Waals surface area contributed by atoms with Crippen molar-refractivity contribution in [1.82, 2.24) is 0 Å². The van der Waals surface area contributed by atoms with Crippen molar-refractivity contribution in [3.05, 3.63) is 20.8 Å². The SMILES string of the molecule is OC(CCc1ccc(Br)s1)C1CCCC1. The van der Waals surface area contributed by atoms with Crippen LogP contribution in [0.3, 0.4) is 0 Å². The number of rotatable bonds is 4. The van der Waals surface area contributed by atoms with Gasteiger partial charge in [-0.1, -0.05) is 12.8 Å². The van der Waals surface area contributed by atoms with Gasteiger partial charge in [-0.3, -0.25) is 0 Å². The van der Waals surface area contributed by atoms with Crippen molar-refractivity contribution >= 4 is 27.3 Å². The molecule has 1 atom stereocenters. The van der Waals surface area contributed by atoms with Crippen molar-refractivity contribution in [3.63, 3.8) is 0 Å². The third kappa shape index (κ3) is 3.30. The van der Waals surface area contributed by atoms with Gasteiger partial charge in [0, 0.05) is 4.88 Å². The molecule has 1 saturated carbocycles. The summed E-state index contributed by atoms with van der Waals surface area (Å²) in [5, 5.41) is 10.0. The molecule has 0 aliphatic heterocycles. The largest absolute Gasteiger partial charge is 0.393 e. The molecule has 84 valence electrons. The molecule has 0 saturated heterocycles. The van der Waals surface area contributed by atoms with Gasteiger partial charge in [0.1, 0.15) is 0 Å². The zero-order valence-electron chi connectivity index (χ0n) is 8.79. The highest BCUT2D eigenvalue weighted by atomic mass is 79.9. The lowest BCUT2D eigenvalue weighted by atomic mass is 9.97. The summed E-state index contributed by atoms with van der Waals surface area (Å²) in [7, 11) is 0. The van der Waals surface area contributed by atoms with E-state index in [1.165, 1.54) is 34.3 Å². The summed E-state index contributed by atoms with van der Waals surface area (Å²) in [5.41, 5.74) is 0. The van der Waals surface area contributed by atoms with Crippen molar-refractivity contribution in [2.24, 2.45) is 5.92 Å². The molecular weight excluding hydrogens is 272 g/mol. The van der Waals surface area contributed by atoms with Crippen LogP contribution in [0.2, 0.25) is 0 Å². The Hall–Kier alpha value is 0.140. The van der Waals surface area contributed by atoms with E-state index in [1.807, 2.05) is 0 Å². The molecule has 1 aliphatic rings. The highest BCUT2D eigenvalue weighted by Gasteiger charge is 2.22. The zero-order valence-corrected chi connectivity index (χ0v) is 11.2. The number of halogens is 1. The zero-order chi connectivity index (χ0) is 10.7. The van der Waals surface area contributed by atoms with Gasteiger partial charge in [0.05, 0.1) is 9.89 Å². The van der Waals surface area contributed by atoms with Crippen molar-refractivity contribution < 1.29 is 5.11 Å². The molecule has 1 aromatic heterocycles. The number of hydrogen-bond acceptors (Lipinski definition) is 2. The second-order valence-corrected chi connectivity index (χ2v) is 6.90. The highest BCUT2D eigenvalue weighted by Crippen LogP contribution is 2.30. The minimum absolute atomic E-state index is 0.0756. The highest BCUT2D eigenvalue weighted by molar-refractivity contribution is 9.11. The third-order valence-corrected chi connectivity index (χ3v) is 4.94. The molecule has 1 N–H and O–H groups in total. The Bertz CT molecular complexity index is 304. The first kappa shape index (κ1) is 11.6. The monoisotopic (exact) mass is 288 g/mol. The van der Waals surface area contributed by atoms with E-state index < -0.39 is 0 Å². The lowest BCUT2D eigenvalue weighted by molar-refractivity contribution is 0.102. The lowest BCUT2D eigenvalue weighted by Crippen LogP contribution is -2.17. The summed E-state index contributed by atoms with van der Waals surface area (Å²) in [6.07, 6.45) is 6.96. The molecular formula is C12H17BrOS. The fourth-order valence-corrected chi connectivity index (χ4v) is 3.85. The molecule has 1 aromatic rings. The molecule has 0 radical (unpaired) electrons. The molecule has 1 nitrogen and oxygen atoms in total. The van der Waals surface area contributed by atoms with Gasteiger partial charge in [-0.2, -0.15) is 0 Å². The first-order chi connectivity index (χ1) is 7.25. The van der Waals surface area contributed by atoms with Crippen LogP contribution >= 0.6 is 27.3 Å². The normalized spacial score (nSPS) is 19.6. The fourth-order valence-electron chi connectivity index (χ4n) is 2.35. The first-order valence-electron chi connectivity index (χ1n) is 5.68. The van der Waals surface area contributed by atoms with Crippen LogP contribution in [0.25, 0.3) is 0 Å². The van der Waals surface area contributed by atoms with Gasteiger partial charge in [0.15, 0.2) is 0 Å².